The van der Waals surface area contributed by atoms with Gasteiger partial charge in [-0.25, -0.2) is 4.79 Å². The number of carbonyl (C=O) groups excluding carboxylic acids is 1. The molecular formula is C25H28Cl2F6N4O2. The van der Waals surface area contributed by atoms with Crippen LogP contribution in [0.5, 0.6) is 0 Å². The molecule has 1 fully saturated rings. The summed E-state index contributed by atoms with van der Waals surface area (Å²) in [5, 5.41) is 8.62. The number of morpholine rings is 1. The number of benzene rings is 2. The highest BCUT2D eigenvalue weighted by molar-refractivity contribution is 6.42. The topological polar surface area (TPSA) is 65.6 Å². The molecule has 3 N–H and O–H groups in total. The molecule has 3 rings (SSSR count). The van der Waals surface area contributed by atoms with Gasteiger partial charge in [0, 0.05) is 44.3 Å². The van der Waals surface area contributed by atoms with Crippen LogP contribution in [0.2, 0.25) is 10.0 Å². The number of nitrogens with one attached hydrogen (secondary N) is 3. The molecule has 1 saturated heterocycles. The maximum absolute atomic E-state index is 13.1. The number of halogens is 8. The maximum Gasteiger partial charge on any atom is 0.416 e. The third kappa shape index (κ3) is 10.0. The molecule has 0 spiro atoms. The maximum atomic E-state index is 13.1. The van der Waals surface area contributed by atoms with E-state index in [0.717, 1.165) is 31.7 Å². The second-order valence-corrected chi connectivity index (χ2v) is 9.81. The number of urea groups is 1. The van der Waals surface area contributed by atoms with Gasteiger partial charge in [-0.3, -0.25) is 4.90 Å². The van der Waals surface area contributed by atoms with E-state index in [1.54, 1.807) is 18.2 Å². The predicted molar refractivity (Wildman–Crippen MR) is 137 cm³/mol. The molecule has 2 aromatic rings. The van der Waals surface area contributed by atoms with Gasteiger partial charge in [0.1, 0.15) is 0 Å². The van der Waals surface area contributed by atoms with Crippen molar-refractivity contribution in [1.29, 1.82) is 0 Å². The Morgan fingerprint density at radius 1 is 0.923 bits per heavy atom. The minimum atomic E-state index is -5.03. The quantitative estimate of drug-likeness (QED) is 0.223. The lowest BCUT2D eigenvalue weighted by molar-refractivity contribution is -0.143. The van der Waals surface area contributed by atoms with E-state index in [2.05, 4.69) is 20.9 Å². The van der Waals surface area contributed by atoms with Crippen LogP contribution in [-0.4, -0.2) is 63.4 Å². The number of hydrogen-bond donors (Lipinski definition) is 3. The molecule has 0 saturated carbocycles. The molecule has 0 aromatic heterocycles. The third-order valence-electron chi connectivity index (χ3n) is 6.15. The van der Waals surface area contributed by atoms with E-state index in [4.69, 9.17) is 27.9 Å². The molecule has 0 bridgehead atoms. The Kier molecular flexibility index (Phi) is 11.1. The largest absolute Gasteiger partial charge is 0.416 e. The zero-order chi connectivity index (χ0) is 28.6. The molecule has 1 atom stereocenters. The summed E-state index contributed by atoms with van der Waals surface area (Å²) in [6.45, 7) is 5.33. The highest BCUT2D eigenvalue weighted by atomic mass is 35.5. The van der Waals surface area contributed by atoms with Crippen LogP contribution in [-0.2, 0) is 17.1 Å². The Bertz CT molecular complexity index is 1080. The average Bonchev–Trinajstić information content (AvgIpc) is 2.87. The van der Waals surface area contributed by atoms with Crippen molar-refractivity contribution in [2.45, 2.75) is 24.7 Å². The van der Waals surface area contributed by atoms with Gasteiger partial charge in [0.15, 0.2) is 0 Å². The molecule has 39 heavy (non-hydrogen) atoms. The average molecular weight is 601 g/mol. The molecule has 0 radical (unpaired) electrons. The van der Waals surface area contributed by atoms with Crippen LogP contribution < -0.4 is 16.0 Å². The van der Waals surface area contributed by atoms with Crippen molar-refractivity contribution < 1.29 is 35.9 Å². The fraction of sp³-hybridized carbons (Fsp3) is 0.480. The van der Waals surface area contributed by atoms with Crippen molar-refractivity contribution in [3.05, 3.63) is 63.1 Å². The smallest absolute Gasteiger partial charge is 0.379 e. The summed E-state index contributed by atoms with van der Waals surface area (Å²) in [6.07, 6.45) is -9.49. The number of hydrogen-bond acceptors (Lipinski definition) is 4. The van der Waals surface area contributed by atoms with Gasteiger partial charge in [-0.05, 0) is 48.9 Å². The van der Waals surface area contributed by atoms with E-state index < -0.39 is 35.2 Å². The fourth-order valence-corrected chi connectivity index (χ4v) is 4.34. The number of carbonyl (C=O) groups is 1. The molecular weight excluding hydrogens is 573 g/mol. The van der Waals surface area contributed by atoms with Gasteiger partial charge in [0.05, 0.1) is 34.4 Å². The molecule has 0 aliphatic carbocycles. The molecule has 1 aliphatic rings. The van der Waals surface area contributed by atoms with Gasteiger partial charge in [-0.1, -0.05) is 29.3 Å². The normalized spacial score (nSPS) is 15.7. The molecule has 2 aromatic carbocycles. The lowest BCUT2D eigenvalue weighted by Crippen LogP contribution is -2.40. The van der Waals surface area contributed by atoms with Crippen molar-refractivity contribution in [3.8, 4) is 0 Å². The SMILES string of the molecule is O=C(NCC(CCNCCN1CCOCC1)c1ccc(Cl)c(Cl)c1)Nc1cc(C(F)(F)F)cc(C(F)(F)F)c1. The lowest BCUT2D eigenvalue weighted by atomic mass is 9.95. The van der Waals surface area contributed by atoms with E-state index >= 15 is 0 Å². The van der Waals surface area contributed by atoms with Crippen molar-refractivity contribution in [1.82, 2.24) is 15.5 Å². The lowest BCUT2D eigenvalue weighted by Gasteiger charge is -2.26. The van der Waals surface area contributed by atoms with E-state index in [1.807, 2.05) is 0 Å². The zero-order valence-electron chi connectivity index (χ0n) is 20.7. The molecule has 14 heteroatoms. The van der Waals surface area contributed by atoms with E-state index in [9.17, 15) is 31.1 Å². The number of nitrogens with zero attached hydrogens (tertiary/aromatic N) is 1. The van der Waals surface area contributed by atoms with Crippen LogP contribution in [0.25, 0.3) is 0 Å². The van der Waals surface area contributed by atoms with Crippen molar-refractivity contribution >= 4 is 34.9 Å². The second-order valence-electron chi connectivity index (χ2n) is 8.99. The number of ether oxygens (including phenoxy) is 1. The van der Waals surface area contributed by atoms with Gasteiger partial charge in [0.2, 0.25) is 0 Å². The highest BCUT2D eigenvalue weighted by Crippen LogP contribution is 2.37. The van der Waals surface area contributed by atoms with Crippen molar-refractivity contribution in [2.75, 3.05) is 57.8 Å². The minimum absolute atomic E-state index is 0.00451. The molecule has 1 heterocycles. The van der Waals surface area contributed by atoms with E-state index in [-0.39, 0.29) is 18.5 Å². The van der Waals surface area contributed by atoms with E-state index in [1.165, 1.54) is 0 Å². The summed E-state index contributed by atoms with van der Waals surface area (Å²) >= 11 is 12.2. The Morgan fingerprint density at radius 2 is 1.56 bits per heavy atom. The molecule has 6 nitrogen and oxygen atoms in total. The first-order chi connectivity index (χ1) is 18.3. The molecule has 216 valence electrons. The van der Waals surface area contributed by atoms with Crippen LogP contribution in [0.4, 0.5) is 36.8 Å². The van der Waals surface area contributed by atoms with Crippen LogP contribution >= 0.6 is 23.2 Å². The first-order valence-electron chi connectivity index (χ1n) is 12.1. The molecule has 2 amide bonds. The first kappa shape index (κ1) is 31.3. The van der Waals surface area contributed by atoms with Crippen LogP contribution in [0.1, 0.15) is 29.0 Å². The Labute approximate surface area is 232 Å². The second kappa shape index (κ2) is 13.9. The Morgan fingerprint density at radius 3 is 2.15 bits per heavy atom. The van der Waals surface area contributed by atoms with Crippen LogP contribution in [0.3, 0.4) is 0 Å². The number of rotatable bonds is 10. The summed E-state index contributed by atoms with van der Waals surface area (Å²) < 4.78 is 84.1. The van der Waals surface area contributed by atoms with Gasteiger partial charge < -0.3 is 20.7 Å². The zero-order valence-corrected chi connectivity index (χ0v) is 22.2. The predicted octanol–water partition coefficient (Wildman–Crippen LogP) is 6.25. The van der Waals surface area contributed by atoms with Crippen molar-refractivity contribution in [3.63, 3.8) is 0 Å². The van der Waals surface area contributed by atoms with Crippen LogP contribution in [0.15, 0.2) is 36.4 Å². The van der Waals surface area contributed by atoms with Crippen LogP contribution in [0, 0.1) is 0 Å². The van der Waals surface area contributed by atoms with Gasteiger partial charge in [-0.2, -0.15) is 26.3 Å². The van der Waals surface area contributed by atoms with Crippen molar-refractivity contribution in [2.24, 2.45) is 0 Å². The van der Waals surface area contributed by atoms with Gasteiger partial charge in [0.25, 0.3) is 0 Å². The standard InChI is InChI=1S/C25H28Cl2F6N4O2/c26-21-2-1-16(11-22(21)27)17(3-4-34-5-6-37-7-9-39-10-8-37)15-35-23(38)36-20-13-18(24(28,29)30)12-19(14-20)25(31,32)33/h1-2,11-14,17,34H,3-10,15H2,(H2,35,36,38). The summed E-state index contributed by atoms with van der Waals surface area (Å²) in [7, 11) is 0. The molecule has 1 unspecified atom stereocenters. The molecule has 1 aliphatic heterocycles. The Hall–Kier alpha value is -2.25. The first-order valence-corrected chi connectivity index (χ1v) is 12.9. The van der Waals surface area contributed by atoms with Gasteiger partial charge >= 0.3 is 18.4 Å². The summed E-state index contributed by atoms with van der Waals surface area (Å²) in [6, 6.07) is 4.95. The monoisotopic (exact) mass is 600 g/mol. The van der Waals surface area contributed by atoms with E-state index in [0.29, 0.717) is 48.4 Å². The summed E-state index contributed by atoms with van der Waals surface area (Å²) in [5.74, 6) is -0.270. The highest BCUT2D eigenvalue weighted by Gasteiger charge is 2.37. The Balaban J connectivity index is 1.62. The summed E-state index contributed by atoms with van der Waals surface area (Å²) in [4.78, 5) is 14.8. The van der Waals surface area contributed by atoms with Gasteiger partial charge in [-0.15, -0.1) is 0 Å². The number of amides is 2. The summed E-state index contributed by atoms with van der Waals surface area (Å²) in [5.41, 5.74) is -2.92. The third-order valence-corrected chi connectivity index (χ3v) is 6.89. The number of anilines is 1. The number of alkyl halides is 6. The minimum Gasteiger partial charge on any atom is -0.379 e. The fourth-order valence-electron chi connectivity index (χ4n) is 4.03.